The zero-order valence-corrected chi connectivity index (χ0v) is 12.3. The number of hydrogen-bond donors (Lipinski definition) is 1. The van der Waals surface area contributed by atoms with E-state index in [0.717, 1.165) is 10.2 Å². The average Bonchev–Trinajstić information content (AvgIpc) is 2.36. The van der Waals surface area contributed by atoms with Crippen LogP contribution in [0.3, 0.4) is 0 Å². The Morgan fingerprint density at radius 2 is 1.79 bits per heavy atom. The molecule has 0 aliphatic rings. The lowest BCUT2D eigenvalue weighted by atomic mass is 10.0. The topological polar surface area (TPSA) is 12.0 Å². The minimum atomic E-state index is -0.397. The summed E-state index contributed by atoms with van der Waals surface area (Å²) >= 11 is 3.41. The van der Waals surface area contributed by atoms with Gasteiger partial charge in [-0.2, -0.15) is 0 Å². The van der Waals surface area contributed by atoms with Gasteiger partial charge in [-0.15, -0.1) is 0 Å². The molecule has 0 bridgehead atoms. The van der Waals surface area contributed by atoms with Crippen LogP contribution < -0.4 is 5.32 Å². The Kier molecular flexibility index (Phi) is 4.20. The molecule has 1 unspecified atom stereocenters. The lowest BCUT2D eigenvalue weighted by Crippen LogP contribution is -2.10. The lowest BCUT2D eigenvalue weighted by Gasteiger charge is -2.18. The molecule has 2 rings (SSSR count). The van der Waals surface area contributed by atoms with E-state index >= 15 is 0 Å². The molecule has 0 aromatic heterocycles. The number of anilines is 1. The standard InChI is InChI=1S/C15H14BrF2N/c1-9-7-14(18)11(8-13(9)17)10(2)19-15-6-4-3-5-12(15)16/h3-8,10,19H,1-2H3. The highest BCUT2D eigenvalue weighted by Gasteiger charge is 2.14. The van der Waals surface area contributed by atoms with Gasteiger partial charge in [-0.1, -0.05) is 12.1 Å². The van der Waals surface area contributed by atoms with Gasteiger partial charge in [0, 0.05) is 15.7 Å². The Bertz CT molecular complexity index is 599. The molecule has 19 heavy (non-hydrogen) atoms. The van der Waals surface area contributed by atoms with E-state index in [2.05, 4.69) is 21.2 Å². The molecular weight excluding hydrogens is 312 g/mol. The fraction of sp³-hybridized carbons (Fsp3) is 0.200. The summed E-state index contributed by atoms with van der Waals surface area (Å²) < 4.78 is 28.3. The summed E-state index contributed by atoms with van der Waals surface area (Å²) in [6, 6.07) is 9.69. The maximum absolute atomic E-state index is 13.9. The summed E-state index contributed by atoms with van der Waals surface area (Å²) in [7, 11) is 0. The fourth-order valence-corrected chi connectivity index (χ4v) is 2.28. The van der Waals surface area contributed by atoms with Crippen LogP contribution in [-0.4, -0.2) is 0 Å². The molecule has 0 radical (unpaired) electrons. The van der Waals surface area contributed by atoms with Gasteiger partial charge in [-0.25, -0.2) is 8.78 Å². The molecule has 0 spiro atoms. The van der Waals surface area contributed by atoms with Crippen LogP contribution >= 0.6 is 15.9 Å². The minimum Gasteiger partial charge on any atom is -0.377 e. The van der Waals surface area contributed by atoms with E-state index in [1.807, 2.05) is 24.3 Å². The van der Waals surface area contributed by atoms with Crippen LogP contribution in [0.25, 0.3) is 0 Å². The van der Waals surface area contributed by atoms with Gasteiger partial charge in [0.25, 0.3) is 0 Å². The summed E-state index contributed by atoms with van der Waals surface area (Å²) in [4.78, 5) is 0. The molecule has 1 N–H and O–H groups in total. The van der Waals surface area contributed by atoms with Crippen molar-refractivity contribution in [3.05, 3.63) is 63.6 Å². The van der Waals surface area contributed by atoms with E-state index in [0.29, 0.717) is 11.1 Å². The summed E-state index contributed by atoms with van der Waals surface area (Å²) in [5.74, 6) is -0.789. The molecule has 1 atom stereocenters. The largest absolute Gasteiger partial charge is 0.377 e. The van der Waals surface area contributed by atoms with E-state index in [1.54, 1.807) is 13.8 Å². The van der Waals surface area contributed by atoms with Crippen LogP contribution in [0.2, 0.25) is 0 Å². The Morgan fingerprint density at radius 3 is 2.47 bits per heavy atom. The van der Waals surface area contributed by atoms with E-state index in [9.17, 15) is 8.78 Å². The first-order valence-corrected chi connectivity index (χ1v) is 6.75. The molecule has 4 heteroatoms. The first kappa shape index (κ1) is 14.0. The van der Waals surface area contributed by atoms with Crippen molar-refractivity contribution in [2.75, 3.05) is 5.32 Å². The normalized spacial score (nSPS) is 12.3. The monoisotopic (exact) mass is 325 g/mol. The van der Waals surface area contributed by atoms with Gasteiger partial charge in [0.2, 0.25) is 0 Å². The SMILES string of the molecule is Cc1cc(F)c(C(C)Nc2ccccc2Br)cc1F. The lowest BCUT2D eigenvalue weighted by molar-refractivity contribution is 0.571. The number of para-hydroxylation sites is 1. The highest BCUT2D eigenvalue weighted by atomic mass is 79.9. The van der Waals surface area contributed by atoms with Crippen LogP contribution in [0.5, 0.6) is 0 Å². The van der Waals surface area contributed by atoms with E-state index in [-0.39, 0.29) is 6.04 Å². The molecule has 0 saturated heterocycles. The van der Waals surface area contributed by atoms with Crippen molar-refractivity contribution >= 4 is 21.6 Å². The van der Waals surface area contributed by atoms with Gasteiger partial charge in [-0.3, -0.25) is 0 Å². The summed E-state index contributed by atoms with van der Waals surface area (Å²) in [5.41, 5.74) is 1.48. The molecule has 0 fully saturated rings. The number of hydrogen-bond acceptors (Lipinski definition) is 1. The highest BCUT2D eigenvalue weighted by Crippen LogP contribution is 2.28. The Hall–Kier alpha value is -1.42. The average molecular weight is 326 g/mol. The Balaban J connectivity index is 2.28. The van der Waals surface area contributed by atoms with Gasteiger partial charge >= 0.3 is 0 Å². The van der Waals surface area contributed by atoms with Crippen LogP contribution in [0, 0.1) is 18.6 Å². The second-order valence-electron chi connectivity index (χ2n) is 4.47. The Morgan fingerprint density at radius 1 is 1.11 bits per heavy atom. The van der Waals surface area contributed by atoms with Crippen LogP contribution in [-0.2, 0) is 0 Å². The smallest absolute Gasteiger partial charge is 0.128 e. The fourth-order valence-electron chi connectivity index (χ4n) is 1.88. The molecule has 0 amide bonds. The van der Waals surface area contributed by atoms with Crippen molar-refractivity contribution in [2.24, 2.45) is 0 Å². The van der Waals surface area contributed by atoms with Crippen molar-refractivity contribution in [1.29, 1.82) is 0 Å². The molecule has 2 aromatic rings. The zero-order chi connectivity index (χ0) is 14.0. The maximum Gasteiger partial charge on any atom is 0.128 e. The van der Waals surface area contributed by atoms with E-state index < -0.39 is 11.6 Å². The number of halogens is 3. The second-order valence-corrected chi connectivity index (χ2v) is 5.32. The molecule has 0 aliphatic heterocycles. The highest BCUT2D eigenvalue weighted by molar-refractivity contribution is 9.10. The molecule has 100 valence electrons. The van der Waals surface area contributed by atoms with Gasteiger partial charge in [0.05, 0.1) is 6.04 Å². The van der Waals surface area contributed by atoms with Crippen molar-refractivity contribution in [3.63, 3.8) is 0 Å². The second kappa shape index (κ2) is 5.70. The third kappa shape index (κ3) is 3.13. The number of nitrogens with one attached hydrogen (secondary N) is 1. The predicted molar refractivity (Wildman–Crippen MR) is 77.3 cm³/mol. The summed E-state index contributed by atoms with van der Waals surface area (Å²) in [5, 5.41) is 3.16. The van der Waals surface area contributed by atoms with E-state index in [4.69, 9.17) is 0 Å². The third-order valence-corrected chi connectivity index (χ3v) is 3.68. The van der Waals surface area contributed by atoms with Crippen molar-refractivity contribution in [3.8, 4) is 0 Å². The van der Waals surface area contributed by atoms with Crippen LogP contribution in [0.4, 0.5) is 14.5 Å². The molecule has 2 aromatic carbocycles. The molecule has 0 aliphatic carbocycles. The molecule has 0 saturated carbocycles. The first-order valence-electron chi connectivity index (χ1n) is 5.95. The van der Waals surface area contributed by atoms with Gasteiger partial charge in [-0.05, 0) is 59.6 Å². The molecule has 1 nitrogen and oxygen atoms in total. The number of aryl methyl sites for hydroxylation is 1. The van der Waals surface area contributed by atoms with Crippen molar-refractivity contribution in [2.45, 2.75) is 19.9 Å². The van der Waals surface area contributed by atoms with Crippen LogP contribution in [0.1, 0.15) is 24.1 Å². The third-order valence-electron chi connectivity index (χ3n) is 2.99. The summed E-state index contributed by atoms with van der Waals surface area (Å²) in [6.07, 6.45) is 0. The number of rotatable bonds is 3. The Labute approximate surface area is 119 Å². The van der Waals surface area contributed by atoms with Gasteiger partial charge in [0.1, 0.15) is 11.6 Å². The molecular formula is C15H14BrF2N. The van der Waals surface area contributed by atoms with Crippen LogP contribution in [0.15, 0.2) is 40.9 Å². The predicted octanol–water partition coefficient (Wildman–Crippen LogP) is 5.21. The quantitative estimate of drug-likeness (QED) is 0.816. The number of benzene rings is 2. The van der Waals surface area contributed by atoms with E-state index in [1.165, 1.54) is 12.1 Å². The maximum atomic E-state index is 13.9. The minimum absolute atomic E-state index is 0.314. The first-order chi connectivity index (χ1) is 8.99. The summed E-state index contributed by atoms with van der Waals surface area (Å²) in [6.45, 7) is 3.35. The van der Waals surface area contributed by atoms with Gasteiger partial charge < -0.3 is 5.32 Å². The molecule has 0 heterocycles. The van der Waals surface area contributed by atoms with Crippen molar-refractivity contribution in [1.82, 2.24) is 0 Å². The van der Waals surface area contributed by atoms with Gasteiger partial charge in [0.15, 0.2) is 0 Å². The zero-order valence-electron chi connectivity index (χ0n) is 10.7. The van der Waals surface area contributed by atoms with Crippen molar-refractivity contribution < 1.29 is 8.78 Å².